The maximum absolute atomic E-state index is 12.0. The third-order valence-corrected chi connectivity index (χ3v) is 5.56. The fourth-order valence-electron chi connectivity index (χ4n) is 1.41. The fraction of sp³-hybridized carbons (Fsp3) is 0.667. The number of hydrogen-bond acceptors (Lipinski definition) is 4. The van der Waals surface area contributed by atoms with Gasteiger partial charge in [-0.05, 0) is 36.9 Å². The zero-order valence-electron chi connectivity index (χ0n) is 11.2. The summed E-state index contributed by atoms with van der Waals surface area (Å²) in [6, 6.07) is 3.48. The Kier molecular flexibility index (Phi) is 5.33. The third kappa shape index (κ3) is 5.06. The van der Waals surface area contributed by atoms with Crippen LogP contribution < -0.4 is 10.5 Å². The van der Waals surface area contributed by atoms with E-state index in [9.17, 15) is 8.42 Å². The van der Waals surface area contributed by atoms with Crippen LogP contribution in [0.25, 0.3) is 0 Å². The SMILES string of the molecule is CC(C)(C)CCNS(=O)(=O)c1ccc(CCN)s1. The number of hydrogen-bond donors (Lipinski definition) is 2. The average Bonchev–Trinajstić information content (AvgIpc) is 2.65. The molecular weight excluding hydrogens is 268 g/mol. The summed E-state index contributed by atoms with van der Waals surface area (Å²) in [5, 5.41) is 0. The Morgan fingerprint density at radius 3 is 2.56 bits per heavy atom. The van der Waals surface area contributed by atoms with Crippen LogP contribution in [0.15, 0.2) is 16.3 Å². The molecule has 0 aliphatic heterocycles. The molecule has 0 saturated heterocycles. The van der Waals surface area contributed by atoms with Crippen LogP contribution in [0.3, 0.4) is 0 Å². The molecule has 0 aromatic carbocycles. The molecule has 6 heteroatoms. The van der Waals surface area contributed by atoms with Crippen molar-refractivity contribution in [3.8, 4) is 0 Å². The highest BCUT2D eigenvalue weighted by Crippen LogP contribution is 2.22. The van der Waals surface area contributed by atoms with Crippen LogP contribution >= 0.6 is 11.3 Å². The Labute approximate surface area is 114 Å². The summed E-state index contributed by atoms with van der Waals surface area (Å²) in [6.07, 6.45) is 1.54. The van der Waals surface area contributed by atoms with E-state index in [2.05, 4.69) is 25.5 Å². The number of thiophene rings is 1. The van der Waals surface area contributed by atoms with Crippen molar-refractivity contribution in [1.29, 1.82) is 0 Å². The van der Waals surface area contributed by atoms with Crippen LogP contribution in [0.1, 0.15) is 32.1 Å². The molecule has 0 saturated carbocycles. The van der Waals surface area contributed by atoms with Crippen molar-refractivity contribution < 1.29 is 8.42 Å². The second kappa shape index (κ2) is 6.14. The summed E-state index contributed by atoms with van der Waals surface area (Å²) in [4.78, 5) is 1.01. The Bertz CT molecular complexity index is 473. The summed E-state index contributed by atoms with van der Waals surface area (Å²) in [5.74, 6) is 0. The van der Waals surface area contributed by atoms with Gasteiger partial charge in [-0.25, -0.2) is 13.1 Å². The largest absolute Gasteiger partial charge is 0.330 e. The second-order valence-corrected chi connectivity index (χ2v) is 8.63. The van der Waals surface area contributed by atoms with E-state index in [1.807, 2.05) is 6.07 Å². The summed E-state index contributed by atoms with van der Waals surface area (Å²) in [6.45, 7) is 7.27. The van der Waals surface area contributed by atoms with E-state index in [4.69, 9.17) is 5.73 Å². The van der Waals surface area contributed by atoms with Gasteiger partial charge in [-0.2, -0.15) is 0 Å². The van der Waals surface area contributed by atoms with Gasteiger partial charge in [0.05, 0.1) is 0 Å². The highest BCUT2D eigenvalue weighted by atomic mass is 32.2. The van der Waals surface area contributed by atoms with Gasteiger partial charge in [0.1, 0.15) is 4.21 Å². The topological polar surface area (TPSA) is 72.2 Å². The lowest BCUT2D eigenvalue weighted by atomic mass is 9.93. The quantitative estimate of drug-likeness (QED) is 0.841. The van der Waals surface area contributed by atoms with Crippen molar-refractivity contribution in [2.24, 2.45) is 11.1 Å². The fourth-order valence-corrected chi connectivity index (χ4v) is 3.86. The zero-order chi connectivity index (χ0) is 13.8. The first-order valence-corrected chi connectivity index (χ1v) is 8.33. The van der Waals surface area contributed by atoms with Gasteiger partial charge in [0.2, 0.25) is 10.0 Å². The van der Waals surface area contributed by atoms with E-state index in [0.717, 1.165) is 17.7 Å². The summed E-state index contributed by atoms with van der Waals surface area (Å²) in [5.41, 5.74) is 5.58. The van der Waals surface area contributed by atoms with Gasteiger partial charge in [-0.15, -0.1) is 11.3 Å². The van der Waals surface area contributed by atoms with Gasteiger partial charge >= 0.3 is 0 Å². The number of sulfonamides is 1. The Morgan fingerprint density at radius 1 is 1.33 bits per heavy atom. The van der Waals surface area contributed by atoms with Crippen molar-refractivity contribution in [3.05, 3.63) is 17.0 Å². The van der Waals surface area contributed by atoms with Crippen molar-refractivity contribution in [2.45, 2.75) is 37.8 Å². The predicted octanol–water partition coefficient (Wildman–Crippen LogP) is 1.96. The molecule has 0 radical (unpaired) electrons. The molecule has 0 bridgehead atoms. The maximum atomic E-state index is 12.0. The smallest absolute Gasteiger partial charge is 0.250 e. The third-order valence-electron chi connectivity index (χ3n) is 2.46. The summed E-state index contributed by atoms with van der Waals surface area (Å²) >= 11 is 1.29. The van der Waals surface area contributed by atoms with Crippen molar-refractivity contribution in [1.82, 2.24) is 4.72 Å². The van der Waals surface area contributed by atoms with E-state index < -0.39 is 10.0 Å². The van der Waals surface area contributed by atoms with E-state index >= 15 is 0 Å². The molecular formula is C12H22N2O2S2. The summed E-state index contributed by atoms with van der Waals surface area (Å²) < 4.78 is 27.0. The minimum absolute atomic E-state index is 0.128. The van der Waals surface area contributed by atoms with E-state index in [0.29, 0.717) is 17.3 Å². The molecule has 3 N–H and O–H groups in total. The normalized spacial score (nSPS) is 12.9. The van der Waals surface area contributed by atoms with Crippen LogP contribution in [0, 0.1) is 5.41 Å². The Hall–Kier alpha value is -0.430. The first-order valence-electron chi connectivity index (χ1n) is 6.03. The number of nitrogens with two attached hydrogens (primary N) is 1. The zero-order valence-corrected chi connectivity index (χ0v) is 12.8. The minimum Gasteiger partial charge on any atom is -0.330 e. The molecule has 1 aromatic heterocycles. The van der Waals surface area contributed by atoms with Crippen LogP contribution in [-0.2, 0) is 16.4 Å². The molecule has 0 aliphatic carbocycles. The number of rotatable bonds is 6. The van der Waals surface area contributed by atoms with Gasteiger partial charge in [0.15, 0.2) is 0 Å². The van der Waals surface area contributed by atoms with Crippen molar-refractivity contribution >= 4 is 21.4 Å². The molecule has 0 unspecified atom stereocenters. The molecule has 0 fully saturated rings. The molecule has 1 aromatic rings. The van der Waals surface area contributed by atoms with Gasteiger partial charge in [-0.1, -0.05) is 20.8 Å². The van der Waals surface area contributed by atoms with Crippen LogP contribution in [-0.4, -0.2) is 21.5 Å². The predicted molar refractivity (Wildman–Crippen MR) is 76.3 cm³/mol. The lowest BCUT2D eigenvalue weighted by molar-refractivity contribution is 0.378. The van der Waals surface area contributed by atoms with Gasteiger partial charge in [0.25, 0.3) is 0 Å². The minimum atomic E-state index is -3.35. The maximum Gasteiger partial charge on any atom is 0.250 e. The first-order chi connectivity index (χ1) is 8.24. The van der Waals surface area contributed by atoms with Gasteiger partial charge < -0.3 is 5.73 Å². The summed E-state index contributed by atoms with van der Waals surface area (Å²) in [7, 11) is -3.35. The second-order valence-electron chi connectivity index (χ2n) is 5.47. The standard InChI is InChI=1S/C12H22N2O2S2/c1-12(2,3)7-9-14-18(15,16)11-5-4-10(17-11)6-8-13/h4-5,14H,6-9,13H2,1-3H3. The Balaban J connectivity index is 2.62. The molecule has 0 amide bonds. The number of nitrogens with one attached hydrogen (secondary N) is 1. The molecule has 4 nitrogen and oxygen atoms in total. The van der Waals surface area contributed by atoms with E-state index in [1.165, 1.54) is 11.3 Å². The lowest BCUT2D eigenvalue weighted by Gasteiger charge is -2.17. The molecule has 0 spiro atoms. The molecule has 0 aliphatic rings. The van der Waals surface area contributed by atoms with Crippen LogP contribution in [0.2, 0.25) is 0 Å². The highest BCUT2D eigenvalue weighted by Gasteiger charge is 2.18. The van der Waals surface area contributed by atoms with E-state index in [-0.39, 0.29) is 5.41 Å². The van der Waals surface area contributed by atoms with Crippen molar-refractivity contribution in [3.63, 3.8) is 0 Å². The lowest BCUT2D eigenvalue weighted by Crippen LogP contribution is -2.26. The molecule has 0 atom stereocenters. The van der Waals surface area contributed by atoms with Gasteiger partial charge in [0, 0.05) is 11.4 Å². The molecule has 1 rings (SSSR count). The monoisotopic (exact) mass is 290 g/mol. The average molecular weight is 290 g/mol. The molecule has 18 heavy (non-hydrogen) atoms. The van der Waals surface area contributed by atoms with Crippen molar-refractivity contribution in [2.75, 3.05) is 13.1 Å². The Morgan fingerprint density at radius 2 is 2.00 bits per heavy atom. The van der Waals surface area contributed by atoms with E-state index in [1.54, 1.807) is 6.07 Å². The first kappa shape index (κ1) is 15.6. The van der Waals surface area contributed by atoms with Crippen LogP contribution in [0.5, 0.6) is 0 Å². The van der Waals surface area contributed by atoms with Gasteiger partial charge in [-0.3, -0.25) is 0 Å². The highest BCUT2D eigenvalue weighted by molar-refractivity contribution is 7.91. The molecule has 104 valence electrons. The van der Waals surface area contributed by atoms with Crippen LogP contribution in [0.4, 0.5) is 0 Å². The molecule has 1 heterocycles.